The van der Waals surface area contributed by atoms with Crippen LogP contribution in [0.2, 0.25) is 0 Å². The van der Waals surface area contributed by atoms with Gasteiger partial charge in [-0.25, -0.2) is 4.98 Å². The summed E-state index contributed by atoms with van der Waals surface area (Å²) in [5.41, 5.74) is 3.63. The molecule has 38 heavy (non-hydrogen) atoms. The number of carbonyl (C=O) groups is 2. The number of methoxy groups -OCH3 is 1. The highest BCUT2D eigenvalue weighted by molar-refractivity contribution is 7.99. The van der Waals surface area contributed by atoms with Crippen molar-refractivity contribution in [3.05, 3.63) is 99.8 Å². The summed E-state index contributed by atoms with van der Waals surface area (Å²) in [5.74, 6) is -0.271. The minimum Gasteiger partial charge on any atom is -0.383 e. The highest BCUT2D eigenvalue weighted by Gasteiger charge is 2.15. The number of nitrogens with one attached hydrogen (secondary N) is 2. The molecular weight excluding hydrogens is 500 g/mol. The molecule has 0 spiro atoms. The molecule has 0 radical (unpaired) electrons. The van der Waals surface area contributed by atoms with Crippen molar-refractivity contribution in [2.75, 3.05) is 31.3 Å². The monoisotopic (exact) mass is 530 g/mol. The number of anilines is 1. The fourth-order valence-electron chi connectivity index (χ4n) is 3.91. The Bertz CT molecular complexity index is 1480. The number of rotatable bonds is 11. The number of fused-ring (bicyclic) bond motifs is 1. The maximum Gasteiger partial charge on any atom is 0.262 e. The van der Waals surface area contributed by atoms with Crippen LogP contribution in [0.5, 0.6) is 0 Å². The molecule has 0 saturated carbocycles. The fraction of sp³-hybridized carbons (Fsp3) is 0.241. The summed E-state index contributed by atoms with van der Waals surface area (Å²) >= 11 is 1.22. The quantitative estimate of drug-likeness (QED) is 0.172. The minimum absolute atomic E-state index is 0.0989. The van der Waals surface area contributed by atoms with Crippen LogP contribution in [0.15, 0.2) is 82.7 Å². The average Bonchev–Trinajstić information content (AvgIpc) is 2.94. The van der Waals surface area contributed by atoms with Crippen LogP contribution in [0.3, 0.4) is 0 Å². The van der Waals surface area contributed by atoms with Gasteiger partial charge in [0.1, 0.15) is 0 Å². The van der Waals surface area contributed by atoms with Crippen molar-refractivity contribution in [2.24, 2.45) is 0 Å². The summed E-state index contributed by atoms with van der Waals surface area (Å²) in [6.07, 6.45) is 0.880. The molecule has 0 atom stereocenters. The van der Waals surface area contributed by atoms with E-state index in [0.29, 0.717) is 34.8 Å². The molecule has 196 valence electrons. The van der Waals surface area contributed by atoms with E-state index in [1.54, 1.807) is 42.0 Å². The molecular formula is C29H30N4O4S. The molecule has 2 N–H and O–H groups in total. The number of ether oxygens (including phenoxy) is 1. The number of benzene rings is 3. The second-order valence-corrected chi connectivity index (χ2v) is 9.58. The maximum absolute atomic E-state index is 13.4. The zero-order valence-electron chi connectivity index (χ0n) is 21.4. The molecule has 0 bridgehead atoms. The number of aryl methyl sites for hydroxylation is 1. The van der Waals surface area contributed by atoms with E-state index in [1.165, 1.54) is 11.8 Å². The van der Waals surface area contributed by atoms with Crippen molar-refractivity contribution in [1.82, 2.24) is 14.9 Å². The Morgan fingerprint density at radius 2 is 1.79 bits per heavy atom. The fourth-order valence-corrected chi connectivity index (χ4v) is 4.70. The molecule has 9 heteroatoms. The van der Waals surface area contributed by atoms with E-state index in [-0.39, 0.29) is 29.7 Å². The Hall–Kier alpha value is -3.95. The third-order valence-electron chi connectivity index (χ3n) is 5.93. The largest absolute Gasteiger partial charge is 0.383 e. The molecule has 0 aliphatic carbocycles. The van der Waals surface area contributed by atoms with Crippen LogP contribution in [-0.4, -0.2) is 47.4 Å². The van der Waals surface area contributed by atoms with E-state index >= 15 is 0 Å². The molecule has 4 rings (SSSR count). The molecule has 0 aliphatic rings. The second kappa shape index (κ2) is 13.0. The molecule has 4 aromatic rings. The van der Waals surface area contributed by atoms with Crippen molar-refractivity contribution in [3.8, 4) is 0 Å². The molecule has 1 heterocycles. The predicted molar refractivity (Wildman–Crippen MR) is 151 cm³/mol. The van der Waals surface area contributed by atoms with Gasteiger partial charge in [-0.15, -0.1) is 0 Å². The standard InChI is InChI=1S/C29H30N4O4S/c1-3-20-7-6-8-23(17-20)31-26(34)19-38-29-32-25-10-5-4-9-24(25)28(36)33(29)18-21-11-13-22(14-12-21)27(35)30-15-16-37-2/h4-14,17H,3,15-16,18-19H2,1-2H3,(H,30,35)(H,31,34). The molecule has 0 aliphatic heterocycles. The van der Waals surface area contributed by atoms with Gasteiger partial charge in [0.2, 0.25) is 5.91 Å². The molecule has 1 aromatic heterocycles. The number of hydrogen-bond acceptors (Lipinski definition) is 6. The number of hydrogen-bond donors (Lipinski definition) is 2. The summed E-state index contributed by atoms with van der Waals surface area (Å²) in [7, 11) is 1.58. The van der Waals surface area contributed by atoms with Gasteiger partial charge in [0.05, 0.1) is 29.8 Å². The van der Waals surface area contributed by atoms with E-state index in [2.05, 4.69) is 17.6 Å². The first-order valence-corrected chi connectivity index (χ1v) is 13.3. The summed E-state index contributed by atoms with van der Waals surface area (Å²) < 4.78 is 6.54. The van der Waals surface area contributed by atoms with Gasteiger partial charge in [-0.1, -0.05) is 55.1 Å². The highest BCUT2D eigenvalue weighted by atomic mass is 32.2. The highest BCUT2D eigenvalue weighted by Crippen LogP contribution is 2.20. The Labute approximate surface area is 225 Å². The molecule has 0 unspecified atom stereocenters. The lowest BCUT2D eigenvalue weighted by Gasteiger charge is -2.14. The predicted octanol–water partition coefficient (Wildman–Crippen LogP) is 4.11. The van der Waals surface area contributed by atoms with E-state index in [1.807, 2.05) is 42.5 Å². The SMILES string of the molecule is CCc1cccc(NC(=O)CSc2nc3ccccc3c(=O)n2Cc2ccc(C(=O)NCCOC)cc2)c1. The zero-order valence-corrected chi connectivity index (χ0v) is 22.2. The first-order valence-electron chi connectivity index (χ1n) is 12.4. The summed E-state index contributed by atoms with van der Waals surface area (Å²) in [6.45, 7) is 3.18. The van der Waals surface area contributed by atoms with Crippen molar-refractivity contribution >= 4 is 40.2 Å². The van der Waals surface area contributed by atoms with Crippen molar-refractivity contribution in [2.45, 2.75) is 25.0 Å². The Balaban J connectivity index is 1.53. The molecule has 0 saturated heterocycles. The van der Waals surface area contributed by atoms with Crippen molar-refractivity contribution in [1.29, 1.82) is 0 Å². The number of aromatic nitrogens is 2. The van der Waals surface area contributed by atoms with Crippen molar-refractivity contribution in [3.63, 3.8) is 0 Å². The third kappa shape index (κ3) is 6.87. The lowest BCUT2D eigenvalue weighted by Crippen LogP contribution is -2.27. The van der Waals surface area contributed by atoms with Crippen LogP contribution in [0.25, 0.3) is 10.9 Å². The Kier molecular flexibility index (Phi) is 9.29. The number of carbonyl (C=O) groups excluding carboxylic acids is 2. The van der Waals surface area contributed by atoms with Crippen LogP contribution in [0.1, 0.15) is 28.4 Å². The lowest BCUT2D eigenvalue weighted by atomic mass is 10.1. The number of thioether (sulfide) groups is 1. The Morgan fingerprint density at radius 3 is 2.55 bits per heavy atom. The van der Waals surface area contributed by atoms with E-state index in [0.717, 1.165) is 23.2 Å². The van der Waals surface area contributed by atoms with Gasteiger partial charge in [0.25, 0.3) is 11.5 Å². The maximum atomic E-state index is 13.4. The van der Waals surface area contributed by atoms with Gasteiger partial charge in [0.15, 0.2) is 5.16 Å². The van der Waals surface area contributed by atoms with E-state index in [4.69, 9.17) is 9.72 Å². The van der Waals surface area contributed by atoms with Crippen LogP contribution < -0.4 is 16.2 Å². The summed E-state index contributed by atoms with van der Waals surface area (Å²) in [6, 6.07) is 22.0. The summed E-state index contributed by atoms with van der Waals surface area (Å²) in [5, 5.41) is 6.67. The van der Waals surface area contributed by atoms with E-state index in [9.17, 15) is 14.4 Å². The summed E-state index contributed by atoms with van der Waals surface area (Å²) in [4.78, 5) is 43.1. The topological polar surface area (TPSA) is 102 Å². The van der Waals surface area contributed by atoms with Crippen LogP contribution in [-0.2, 0) is 22.5 Å². The first-order chi connectivity index (χ1) is 18.5. The number of para-hydroxylation sites is 1. The van der Waals surface area contributed by atoms with Gasteiger partial charge in [0, 0.05) is 24.9 Å². The molecule has 8 nitrogen and oxygen atoms in total. The first kappa shape index (κ1) is 27.1. The van der Waals surface area contributed by atoms with Crippen molar-refractivity contribution < 1.29 is 14.3 Å². The number of nitrogens with zero attached hydrogens (tertiary/aromatic N) is 2. The van der Waals surface area contributed by atoms with E-state index < -0.39 is 0 Å². The van der Waals surface area contributed by atoms with Crippen LogP contribution in [0, 0.1) is 0 Å². The lowest BCUT2D eigenvalue weighted by molar-refractivity contribution is -0.113. The number of amides is 2. The smallest absolute Gasteiger partial charge is 0.262 e. The van der Waals surface area contributed by atoms with Crippen LogP contribution in [0.4, 0.5) is 5.69 Å². The van der Waals surface area contributed by atoms with Gasteiger partial charge in [-0.2, -0.15) is 0 Å². The minimum atomic E-state index is -0.190. The Morgan fingerprint density at radius 1 is 1.00 bits per heavy atom. The molecule has 2 amide bonds. The van der Waals surface area contributed by atoms with Gasteiger partial charge >= 0.3 is 0 Å². The van der Waals surface area contributed by atoms with Crippen LogP contribution >= 0.6 is 11.8 Å². The molecule has 3 aromatic carbocycles. The average molecular weight is 531 g/mol. The molecule has 0 fully saturated rings. The third-order valence-corrected chi connectivity index (χ3v) is 6.90. The van der Waals surface area contributed by atoms with Gasteiger partial charge in [-0.3, -0.25) is 19.0 Å². The normalized spacial score (nSPS) is 10.9. The second-order valence-electron chi connectivity index (χ2n) is 8.64. The van der Waals surface area contributed by atoms with Gasteiger partial charge in [-0.05, 0) is 53.9 Å². The van der Waals surface area contributed by atoms with Gasteiger partial charge < -0.3 is 15.4 Å². The zero-order chi connectivity index (χ0) is 26.9.